The van der Waals surface area contributed by atoms with Crippen molar-refractivity contribution in [2.45, 2.75) is 38.8 Å². The molecule has 15 heavy (non-hydrogen) atoms. The molecule has 4 nitrogen and oxygen atoms in total. The largest absolute Gasteiger partial charge is 0.339 e. The molecule has 1 amide bonds. The van der Waals surface area contributed by atoms with Crippen molar-refractivity contribution < 1.29 is 4.79 Å². The fourth-order valence-electron chi connectivity index (χ4n) is 2.27. The quantitative estimate of drug-likeness (QED) is 0.732. The molecular formula is C11H23N3O. The number of carbonyl (C=O) groups is 1. The maximum absolute atomic E-state index is 12.2. The second-order valence-electron chi connectivity index (χ2n) is 4.34. The zero-order valence-corrected chi connectivity index (χ0v) is 10.1. The van der Waals surface area contributed by atoms with E-state index >= 15 is 0 Å². The standard InChI is InChI=1S/C11H23N3O/c1-4-14-9(2)6-8-13(3)10(5-7-12)11(14)15/h9-10H,4-8,12H2,1-3H3. The Morgan fingerprint density at radius 1 is 1.53 bits per heavy atom. The monoisotopic (exact) mass is 213 g/mol. The average Bonchev–Trinajstić information content (AvgIpc) is 2.31. The Morgan fingerprint density at radius 3 is 2.73 bits per heavy atom. The van der Waals surface area contributed by atoms with E-state index in [1.165, 1.54) is 0 Å². The van der Waals surface area contributed by atoms with Crippen LogP contribution in [-0.4, -0.2) is 54.5 Å². The van der Waals surface area contributed by atoms with E-state index in [1.807, 2.05) is 18.9 Å². The molecule has 4 heteroatoms. The third-order valence-electron chi connectivity index (χ3n) is 3.31. The molecule has 2 unspecified atom stereocenters. The van der Waals surface area contributed by atoms with Gasteiger partial charge in [0, 0.05) is 19.1 Å². The Balaban J connectivity index is 2.80. The van der Waals surface area contributed by atoms with Gasteiger partial charge < -0.3 is 10.6 Å². The first-order chi connectivity index (χ1) is 7.11. The van der Waals surface area contributed by atoms with E-state index in [1.54, 1.807) is 0 Å². The lowest BCUT2D eigenvalue weighted by molar-refractivity contribution is -0.136. The first-order valence-electron chi connectivity index (χ1n) is 5.82. The number of nitrogens with two attached hydrogens (primary N) is 1. The summed E-state index contributed by atoms with van der Waals surface area (Å²) in [4.78, 5) is 16.3. The van der Waals surface area contributed by atoms with Gasteiger partial charge in [0.05, 0.1) is 6.04 Å². The number of likely N-dealkylation sites (N-methyl/N-ethyl adjacent to an activating group) is 2. The molecule has 88 valence electrons. The highest BCUT2D eigenvalue weighted by molar-refractivity contribution is 5.82. The van der Waals surface area contributed by atoms with Crippen LogP contribution >= 0.6 is 0 Å². The predicted octanol–water partition coefficient (Wildman–Crippen LogP) is 0.276. The SMILES string of the molecule is CCN1C(=O)C(CCN)N(C)CCC1C. The molecule has 1 saturated heterocycles. The predicted molar refractivity (Wildman–Crippen MR) is 61.6 cm³/mol. The highest BCUT2D eigenvalue weighted by Gasteiger charge is 2.32. The Hall–Kier alpha value is -0.610. The second kappa shape index (κ2) is 5.47. The van der Waals surface area contributed by atoms with Gasteiger partial charge in [0.15, 0.2) is 0 Å². The normalized spacial score (nSPS) is 29.3. The molecular weight excluding hydrogens is 190 g/mol. The van der Waals surface area contributed by atoms with Gasteiger partial charge in [0.1, 0.15) is 0 Å². The molecule has 2 atom stereocenters. The summed E-state index contributed by atoms with van der Waals surface area (Å²) in [6, 6.07) is 0.340. The van der Waals surface area contributed by atoms with E-state index in [0.717, 1.165) is 25.9 Å². The van der Waals surface area contributed by atoms with Gasteiger partial charge in [0.2, 0.25) is 5.91 Å². The van der Waals surface area contributed by atoms with Crippen molar-refractivity contribution in [1.29, 1.82) is 0 Å². The van der Waals surface area contributed by atoms with Crippen molar-refractivity contribution in [1.82, 2.24) is 9.80 Å². The van der Waals surface area contributed by atoms with Crippen LogP contribution in [0, 0.1) is 0 Å². The Labute approximate surface area is 92.4 Å². The summed E-state index contributed by atoms with van der Waals surface area (Å²) in [6.45, 7) is 6.52. The van der Waals surface area contributed by atoms with Crippen molar-refractivity contribution in [3.05, 3.63) is 0 Å². The number of hydrogen-bond acceptors (Lipinski definition) is 3. The first-order valence-corrected chi connectivity index (χ1v) is 5.82. The van der Waals surface area contributed by atoms with Gasteiger partial charge in [-0.05, 0) is 40.3 Å². The van der Waals surface area contributed by atoms with Crippen LogP contribution in [0.2, 0.25) is 0 Å². The highest BCUT2D eigenvalue weighted by atomic mass is 16.2. The van der Waals surface area contributed by atoms with E-state index < -0.39 is 0 Å². The first kappa shape index (κ1) is 12.5. The van der Waals surface area contributed by atoms with E-state index in [4.69, 9.17) is 5.73 Å². The molecule has 0 bridgehead atoms. The van der Waals surface area contributed by atoms with Crippen LogP contribution in [0.1, 0.15) is 26.7 Å². The van der Waals surface area contributed by atoms with Crippen LogP contribution in [0.15, 0.2) is 0 Å². The van der Waals surface area contributed by atoms with E-state index in [-0.39, 0.29) is 11.9 Å². The number of nitrogens with zero attached hydrogens (tertiary/aromatic N) is 2. The van der Waals surface area contributed by atoms with Crippen LogP contribution in [-0.2, 0) is 4.79 Å². The van der Waals surface area contributed by atoms with Gasteiger partial charge in [-0.2, -0.15) is 0 Å². The van der Waals surface area contributed by atoms with E-state index in [0.29, 0.717) is 12.6 Å². The molecule has 0 aromatic rings. The minimum absolute atomic E-state index is 0.0140. The minimum Gasteiger partial charge on any atom is -0.339 e. The molecule has 0 aromatic carbocycles. The Kier molecular flexibility index (Phi) is 4.54. The van der Waals surface area contributed by atoms with Crippen LogP contribution in [0.3, 0.4) is 0 Å². The van der Waals surface area contributed by atoms with E-state index in [9.17, 15) is 4.79 Å². The third-order valence-corrected chi connectivity index (χ3v) is 3.31. The zero-order valence-electron chi connectivity index (χ0n) is 10.1. The molecule has 0 saturated carbocycles. The summed E-state index contributed by atoms with van der Waals surface area (Å²) in [6.07, 6.45) is 1.82. The zero-order chi connectivity index (χ0) is 11.4. The molecule has 2 N–H and O–H groups in total. The summed E-state index contributed by atoms with van der Waals surface area (Å²) in [7, 11) is 2.02. The maximum Gasteiger partial charge on any atom is 0.240 e. The van der Waals surface area contributed by atoms with Gasteiger partial charge >= 0.3 is 0 Å². The van der Waals surface area contributed by atoms with Crippen LogP contribution < -0.4 is 5.73 Å². The summed E-state index contributed by atoms with van der Waals surface area (Å²) in [5.41, 5.74) is 5.56. The van der Waals surface area contributed by atoms with Gasteiger partial charge in [-0.1, -0.05) is 0 Å². The third kappa shape index (κ3) is 2.69. The summed E-state index contributed by atoms with van der Waals surface area (Å²) in [5.74, 6) is 0.246. The minimum atomic E-state index is -0.0140. The molecule has 1 aliphatic heterocycles. The summed E-state index contributed by atoms with van der Waals surface area (Å²) in [5, 5.41) is 0. The lowest BCUT2D eigenvalue weighted by Gasteiger charge is -2.29. The Morgan fingerprint density at radius 2 is 2.20 bits per heavy atom. The summed E-state index contributed by atoms with van der Waals surface area (Å²) < 4.78 is 0. The van der Waals surface area contributed by atoms with Gasteiger partial charge in [-0.3, -0.25) is 9.69 Å². The summed E-state index contributed by atoms with van der Waals surface area (Å²) >= 11 is 0. The van der Waals surface area contributed by atoms with Crippen molar-refractivity contribution >= 4 is 5.91 Å². The second-order valence-corrected chi connectivity index (χ2v) is 4.34. The number of carbonyl (C=O) groups excluding carboxylic acids is 1. The maximum atomic E-state index is 12.2. The number of amides is 1. The van der Waals surface area contributed by atoms with Crippen LogP contribution in [0.25, 0.3) is 0 Å². The van der Waals surface area contributed by atoms with Gasteiger partial charge in [-0.25, -0.2) is 0 Å². The molecule has 0 aromatic heterocycles. The van der Waals surface area contributed by atoms with Gasteiger partial charge in [-0.15, -0.1) is 0 Å². The van der Waals surface area contributed by atoms with Crippen molar-refractivity contribution in [3.63, 3.8) is 0 Å². The molecule has 0 radical (unpaired) electrons. The Bertz CT molecular complexity index is 220. The fraction of sp³-hybridized carbons (Fsp3) is 0.909. The smallest absolute Gasteiger partial charge is 0.240 e. The topological polar surface area (TPSA) is 49.6 Å². The molecule has 1 aliphatic rings. The van der Waals surface area contributed by atoms with Crippen LogP contribution in [0.4, 0.5) is 0 Å². The highest BCUT2D eigenvalue weighted by Crippen LogP contribution is 2.16. The van der Waals surface area contributed by atoms with Crippen LogP contribution in [0.5, 0.6) is 0 Å². The average molecular weight is 213 g/mol. The van der Waals surface area contributed by atoms with E-state index in [2.05, 4.69) is 11.8 Å². The van der Waals surface area contributed by atoms with Crippen molar-refractivity contribution in [2.24, 2.45) is 5.73 Å². The number of hydrogen-bond donors (Lipinski definition) is 1. The van der Waals surface area contributed by atoms with Gasteiger partial charge in [0.25, 0.3) is 0 Å². The molecule has 0 aliphatic carbocycles. The fourth-order valence-corrected chi connectivity index (χ4v) is 2.27. The lowest BCUT2D eigenvalue weighted by atomic mass is 10.1. The molecule has 0 spiro atoms. The molecule has 1 rings (SSSR count). The van der Waals surface area contributed by atoms with Crippen molar-refractivity contribution in [2.75, 3.05) is 26.7 Å². The molecule has 1 heterocycles. The van der Waals surface area contributed by atoms with Crippen molar-refractivity contribution in [3.8, 4) is 0 Å². The number of rotatable bonds is 3. The molecule has 1 fully saturated rings. The lowest BCUT2D eigenvalue weighted by Crippen LogP contribution is -2.47.